The molecule has 1 amide bonds. The monoisotopic (exact) mass is 203 g/mol. The van der Waals surface area contributed by atoms with Crippen molar-refractivity contribution in [2.45, 2.75) is 27.7 Å². The van der Waals surface area contributed by atoms with E-state index in [2.05, 4.69) is 24.0 Å². The number of amides is 1. The summed E-state index contributed by atoms with van der Waals surface area (Å²) < 4.78 is 0. The maximum atomic E-state index is 11.5. The summed E-state index contributed by atoms with van der Waals surface area (Å²) in [5.41, 5.74) is 4.80. The average molecular weight is 203 g/mol. The highest BCUT2D eigenvalue weighted by atomic mass is 16.1. The Morgan fingerprint density at radius 3 is 2.07 bits per heavy atom. The zero-order valence-electron chi connectivity index (χ0n) is 9.77. The SMILES string of the molecule is C=C(C)C(=O)Nc1c(C)cc(C)cc1C. The molecule has 0 aliphatic rings. The molecule has 0 spiro atoms. The number of nitrogens with one attached hydrogen (secondary N) is 1. The van der Waals surface area contributed by atoms with Crippen molar-refractivity contribution in [3.05, 3.63) is 41.0 Å². The minimum Gasteiger partial charge on any atom is -0.322 e. The van der Waals surface area contributed by atoms with E-state index in [9.17, 15) is 4.79 Å². The Hall–Kier alpha value is -1.57. The summed E-state index contributed by atoms with van der Waals surface area (Å²) in [7, 11) is 0. The van der Waals surface area contributed by atoms with Gasteiger partial charge in [-0.2, -0.15) is 0 Å². The Morgan fingerprint density at radius 2 is 1.67 bits per heavy atom. The first-order valence-corrected chi connectivity index (χ1v) is 4.96. The van der Waals surface area contributed by atoms with Gasteiger partial charge in [0.15, 0.2) is 0 Å². The lowest BCUT2D eigenvalue weighted by molar-refractivity contribution is -0.112. The van der Waals surface area contributed by atoms with Gasteiger partial charge in [0.05, 0.1) is 0 Å². The zero-order chi connectivity index (χ0) is 11.6. The van der Waals surface area contributed by atoms with Crippen molar-refractivity contribution in [2.75, 3.05) is 5.32 Å². The van der Waals surface area contributed by atoms with E-state index in [4.69, 9.17) is 0 Å². The predicted molar refractivity (Wildman–Crippen MR) is 64.1 cm³/mol. The van der Waals surface area contributed by atoms with Crippen LogP contribution in [0.2, 0.25) is 0 Å². The summed E-state index contributed by atoms with van der Waals surface area (Å²) in [6, 6.07) is 4.11. The molecule has 80 valence electrons. The third kappa shape index (κ3) is 2.69. The second kappa shape index (κ2) is 4.30. The molecule has 2 heteroatoms. The number of hydrogen-bond acceptors (Lipinski definition) is 1. The second-order valence-corrected chi connectivity index (χ2v) is 4.01. The molecule has 0 saturated carbocycles. The molecule has 0 radical (unpaired) electrons. The van der Waals surface area contributed by atoms with Gasteiger partial charge in [-0.1, -0.05) is 24.3 Å². The van der Waals surface area contributed by atoms with Crippen molar-refractivity contribution in [1.29, 1.82) is 0 Å². The van der Waals surface area contributed by atoms with Gasteiger partial charge in [0.25, 0.3) is 5.91 Å². The number of hydrogen-bond donors (Lipinski definition) is 1. The highest BCUT2D eigenvalue weighted by molar-refractivity contribution is 6.03. The van der Waals surface area contributed by atoms with E-state index >= 15 is 0 Å². The highest BCUT2D eigenvalue weighted by Crippen LogP contribution is 2.22. The molecule has 1 rings (SSSR count). The van der Waals surface area contributed by atoms with Gasteiger partial charge in [-0.05, 0) is 38.8 Å². The molecule has 2 nitrogen and oxygen atoms in total. The minimum atomic E-state index is -0.120. The molecule has 0 unspecified atom stereocenters. The Morgan fingerprint density at radius 1 is 1.20 bits per heavy atom. The van der Waals surface area contributed by atoms with Crippen molar-refractivity contribution in [3.8, 4) is 0 Å². The van der Waals surface area contributed by atoms with Crippen LogP contribution in [0.25, 0.3) is 0 Å². The van der Waals surface area contributed by atoms with Crippen molar-refractivity contribution in [1.82, 2.24) is 0 Å². The van der Waals surface area contributed by atoms with Crippen molar-refractivity contribution < 1.29 is 4.79 Å². The molecule has 15 heavy (non-hydrogen) atoms. The summed E-state index contributed by atoms with van der Waals surface area (Å²) in [6.45, 7) is 11.4. The van der Waals surface area contributed by atoms with E-state index in [1.807, 2.05) is 20.8 Å². The number of carbonyl (C=O) groups excluding carboxylic acids is 1. The molecule has 0 atom stereocenters. The van der Waals surface area contributed by atoms with Crippen LogP contribution in [0.5, 0.6) is 0 Å². The van der Waals surface area contributed by atoms with E-state index in [-0.39, 0.29) is 5.91 Å². The van der Waals surface area contributed by atoms with Crippen LogP contribution in [0.4, 0.5) is 5.69 Å². The summed E-state index contributed by atoms with van der Waals surface area (Å²) in [5.74, 6) is -0.120. The van der Waals surface area contributed by atoms with E-state index in [1.165, 1.54) is 5.56 Å². The summed E-state index contributed by atoms with van der Waals surface area (Å²) in [4.78, 5) is 11.5. The van der Waals surface area contributed by atoms with E-state index in [1.54, 1.807) is 6.92 Å². The fourth-order valence-corrected chi connectivity index (χ4v) is 1.60. The van der Waals surface area contributed by atoms with Crippen LogP contribution < -0.4 is 5.32 Å². The van der Waals surface area contributed by atoms with Crippen LogP contribution >= 0.6 is 0 Å². The van der Waals surface area contributed by atoms with E-state index < -0.39 is 0 Å². The number of carbonyl (C=O) groups is 1. The number of anilines is 1. The molecule has 0 saturated heterocycles. The zero-order valence-corrected chi connectivity index (χ0v) is 9.77. The Balaban J connectivity index is 3.05. The molecule has 0 aliphatic carbocycles. The second-order valence-electron chi connectivity index (χ2n) is 4.01. The molecule has 0 aliphatic heterocycles. The molecule has 1 aromatic carbocycles. The summed E-state index contributed by atoms with van der Waals surface area (Å²) in [5, 5.41) is 2.87. The van der Waals surface area contributed by atoms with Crippen LogP contribution in [0.3, 0.4) is 0 Å². The largest absolute Gasteiger partial charge is 0.322 e. The molecule has 0 bridgehead atoms. The maximum Gasteiger partial charge on any atom is 0.250 e. The average Bonchev–Trinajstić information content (AvgIpc) is 2.10. The van der Waals surface area contributed by atoms with E-state index in [0.29, 0.717) is 5.57 Å². The van der Waals surface area contributed by atoms with Gasteiger partial charge in [0, 0.05) is 11.3 Å². The van der Waals surface area contributed by atoms with Gasteiger partial charge in [-0.15, -0.1) is 0 Å². The van der Waals surface area contributed by atoms with Gasteiger partial charge < -0.3 is 5.32 Å². The number of benzene rings is 1. The molecular weight excluding hydrogens is 186 g/mol. The predicted octanol–water partition coefficient (Wildman–Crippen LogP) is 3.13. The summed E-state index contributed by atoms with van der Waals surface area (Å²) in [6.07, 6.45) is 0. The van der Waals surface area contributed by atoms with Crippen LogP contribution in [0.1, 0.15) is 23.6 Å². The lowest BCUT2D eigenvalue weighted by atomic mass is 10.0. The van der Waals surface area contributed by atoms with Gasteiger partial charge in [0.1, 0.15) is 0 Å². The molecular formula is C13H17NO. The van der Waals surface area contributed by atoms with Gasteiger partial charge in [0.2, 0.25) is 0 Å². The molecule has 0 fully saturated rings. The normalized spacial score (nSPS) is 9.87. The van der Waals surface area contributed by atoms with Crippen LogP contribution in [0.15, 0.2) is 24.3 Å². The van der Waals surface area contributed by atoms with Crippen LogP contribution in [-0.2, 0) is 4.79 Å². The maximum absolute atomic E-state index is 11.5. The molecule has 1 aromatic rings. The smallest absolute Gasteiger partial charge is 0.250 e. The van der Waals surface area contributed by atoms with Crippen LogP contribution in [0, 0.1) is 20.8 Å². The van der Waals surface area contributed by atoms with Crippen molar-refractivity contribution in [3.63, 3.8) is 0 Å². The fourth-order valence-electron chi connectivity index (χ4n) is 1.60. The third-order valence-electron chi connectivity index (χ3n) is 2.30. The van der Waals surface area contributed by atoms with E-state index in [0.717, 1.165) is 16.8 Å². The topological polar surface area (TPSA) is 29.1 Å². The number of aryl methyl sites for hydroxylation is 3. The van der Waals surface area contributed by atoms with Gasteiger partial charge in [-0.25, -0.2) is 0 Å². The standard InChI is InChI=1S/C13H17NO/c1-8(2)13(15)14-12-10(4)6-9(3)7-11(12)5/h6-7H,1H2,2-5H3,(H,14,15). The molecule has 1 N–H and O–H groups in total. The van der Waals surface area contributed by atoms with Crippen LogP contribution in [-0.4, -0.2) is 5.91 Å². The lowest BCUT2D eigenvalue weighted by Crippen LogP contribution is -2.13. The first-order valence-electron chi connectivity index (χ1n) is 4.96. The highest BCUT2D eigenvalue weighted by Gasteiger charge is 2.07. The lowest BCUT2D eigenvalue weighted by Gasteiger charge is -2.12. The quantitative estimate of drug-likeness (QED) is 0.735. The Bertz CT molecular complexity index is 396. The fraction of sp³-hybridized carbons (Fsp3) is 0.308. The van der Waals surface area contributed by atoms with Gasteiger partial charge in [-0.3, -0.25) is 4.79 Å². The first-order chi connectivity index (χ1) is 6.91. The minimum absolute atomic E-state index is 0.120. The first kappa shape index (κ1) is 11.5. The van der Waals surface area contributed by atoms with Crippen molar-refractivity contribution >= 4 is 11.6 Å². The van der Waals surface area contributed by atoms with Gasteiger partial charge >= 0.3 is 0 Å². The van der Waals surface area contributed by atoms with Crippen molar-refractivity contribution in [2.24, 2.45) is 0 Å². The molecule has 0 heterocycles. The number of rotatable bonds is 2. The Kier molecular flexibility index (Phi) is 3.30. The third-order valence-corrected chi connectivity index (χ3v) is 2.30. The summed E-state index contributed by atoms with van der Waals surface area (Å²) >= 11 is 0. The Labute approximate surface area is 91.0 Å². The molecule has 0 aromatic heterocycles.